The maximum atomic E-state index is 5.64. The predicted octanol–water partition coefficient (Wildman–Crippen LogP) is 1.71. The number of aromatic nitrogens is 3. The number of ether oxygens (including phenoxy) is 2. The van der Waals surface area contributed by atoms with E-state index in [4.69, 9.17) is 21.1 Å². The first-order valence-corrected chi connectivity index (χ1v) is 4.43. The Morgan fingerprint density at radius 3 is 2.14 bits per heavy atom. The molecule has 0 N–H and O–H groups in total. The minimum Gasteiger partial charge on any atom is -0.467 e. The smallest absolute Gasteiger partial charge is 0.324 e. The van der Waals surface area contributed by atoms with Gasteiger partial charge in [0.2, 0.25) is 5.28 Å². The third-order valence-corrected chi connectivity index (χ3v) is 1.32. The van der Waals surface area contributed by atoms with Gasteiger partial charge in [-0.05, 0) is 32.4 Å². The Labute approximate surface area is 87.4 Å². The Balaban J connectivity index is 2.92. The highest BCUT2D eigenvalue weighted by molar-refractivity contribution is 6.28. The van der Waals surface area contributed by atoms with Gasteiger partial charge in [-0.15, -0.1) is 4.98 Å². The average molecular weight is 218 g/mol. The normalized spacial score (nSPS) is 11.2. The van der Waals surface area contributed by atoms with Crippen molar-refractivity contribution in [3.63, 3.8) is 0 Å². The van der Waals surface area contributed by atoms with Crippen LogP contribution in [0.25, 0.3) is 0 Å². The van der Waals surface area contributed by atoms with Crippen LogP contribution in [-0.4, -0.2) is 27.7 Å². The van der Waals surface area contributed by atoms with E-state index in [0.717, 1.165) is 0 Å². The van der Waals surface area contributed by atoms with Crippen LogP contribution in [0.2, 0.25) is 5.28 Å². The van der Waals surface area contributed by atoms with Crippen molar-refractivity contribution in [1.82, 2.24) is 15.0 Å². The molecule has 14 heavy (non-hydrogen) atoms. The topological polar surface area (TPSA) is 57.1 Å². The van der Waals surface area contributed by atoms with E-state index in [1.165, 1.54) is 7.11 Å². The summed E-state index contributed by atoms with van der Waals surface area (Å²) in [5.41, 5.74) is -0.379. The Morgan fingerprint density at radius 1 is 1.07 bits per heavy atom. The van der Waals surface area contributed by atoms with E-state index in [1.807, 2.05) is 20.8 Å². The van der Waals surface area contributed by atoms with Crippen LogP contribution in [0, 0.1) is 0 Å². The molecule has 0 bridgehead atoms. The van der Waals surface area contributed by atoms with E-state index in [1.54, 1.807) is 0 Å². The fourth-order valence-electron chi connectivity index (χ4n) is 0.725. The fourth-order valence-corrected chi connectivity index (χ4v) is 0.870. The summed E-state index contributed by atoms with van der Waals surface area (Å²) in [7, 11) is 1.45. The summed E-state index contributed by atoms with van der Waals surface area (Å²) in [6.07, 6.45) is 0. The van der Waals surface area contributed by atoms with Gasteiger partial charge in [0.25, 0.3) is 0 Å². The molecule has 1 aromatic heterocycles. The molecule has 0 amide bonds. The summed E-state index contributed by atoms with van der Waals surface area (Å²) >= 11 is 5.64. The predicted molar refractivity (Wildman–Crippen MR) is 51.8 cm³/mol. The molecule has 0 spiro atoms. The van der Waals surface area contributed by atoms with Gasteiger partial charge >= 0.3 is 12.0 Å². The van der Waals surface area contributed by atoms with E-state index in [2.05, 4.69) is 15.0 Å². The maximum absolute atomic E-state index is 5.64. The molecule has 6 heteroatoms. The summed E-state index contributed by atoms with van der Waals surface area (Å²) in [5, 5.41) is 0.0519. The summed E-state index contributed by atoms with van der Waals surface area (Å²) in [6.45, 7) is 5.66. The Morgan fingerprint density at radius 2 is 1.64 bits per heavy atom. The van der Waals surface area contributed by atoms with Crippen LogP contribution in [0.1, 0.15) is 20.8 Å². The second-order valence-corrected chi connectivity index (χ2v) is 3.93. The summed E-state index contributed by atoms with van der Waals surface area (Å²) in [4.78, 5) is 11.4. The fraction of sp³-hybridized carbons (Fsp3) is 0.625. The lowest BCUT2D eigenvalue weighted by molar-refractivity contribution is 0.115. The molecule has 1 rings (SSSR count). The number of methoxy groups -OCH3 is 1. The van der Waals surface area contributed by atoms with Gasteiger partial charge in [0.1, 0.15) is 5.60 Å². The summed E-state index contributed by atoms with van der Waals surface area (Å²) in [6, 6.07) is 0.304. The van der Waals surface area contributed by atoms with Gasteiger partial charge in [-0.2, -0.15) is 9.97 Å². The zero-order chi connectivity index (χ0) is 10.8. The minimum atomic E-state index is -0.379. The van der Waals surface area contributed by atoms with Crippen molar-refractivity contribution in [2.45, 2.75) is 26.4 Å². The van der Waals surface area contributed by atoms with Crippen molar-refractivity contribution in [3.8, 4) is 12.0 Å². The second-order valence-electron chi connectivity index (χ2n) is 3.59. The molecule has 0 aromatic carbocycles. The zero-order valence-corrected chi connectivity index (χ0v) is 9.29. The lowest BCUT2D eigenvalue weighted by Crippen LogP contribution is -2.24. The molecule has 0 saturated carbocycles. The van der Waals surface area contributed by atoms with Gasteiger partial charge in [-0.25, -0.2) is 0 Å². The molecule has 0 radical (unpaired) electrons. The van der Waals surface area contributed by atoms with Crippen LogP contribution in [0.15, 0.2) is 0 Å². The highest BCUT2D eigenvalue weighted by atomic mass is 35.5. The first kappa shape index (κ1) is 11.0. The van der Waals surface area contributed by atoms with Crippen LogP contribution in [0.4, 0.5) is 0 Å². The van der Waals surface area contributed by atoms with Gasteiger partial charge in [0.05, 0.1) is 7.11 Å². The van der Waals surface area contributed by atoms with Crippen molar-refractivity contribution in [3.05, 3.63) is 5.28 Å². The third kappa shape index (κ3) is 3.33. The quantitative estimate of drug-likeness (QED) is 0.755. The van der Waals surface area contributed by atoms with Crippen molar-refractivity contribution >= 4 is 11.6 Å². The second kappa shape index (κ2) is 3.96. The summed E-state index contributed by atoms with van der Waals surface area (Å²) in [5.74, 6) is 0. The van der Waals surface area contributed by atoms with E-state index in [0.29, 0.717) is 0 Å². The van der Waals surface area contributed by atoms with Gasteiger partial charge in [0, 0.05) is 0 Å². The molecule has 1 heterocycles. The first-order chi connectivity index (χ1) is 6.40. The van der Waals surface area contributed by atoms with Crippen molar-refractivity contribution < 1.29 is 9.47 Å². The molecule has 0 unspecified atom stereocenters. The van der Waals surface area contributed by atoms with E-state index >= 15 is 0 Å². The van der Waals surface area contributed by atoms with Crippen molar-refractivity contribution in [2.24, 2.45) is 0 Å². The van der Waals surface area contributed by atoms with Gasteiger partial charge in [-0.3, -0.25) is 0 Å². The van der Waals surface area contributed by atoms with Crippen LogP contribution in [-0.2, 0) is 0 Å². The Kier molecular flexibility index (Phi) is 3.10. The molecule has 1 aromatic rings. The monoisotopic (exact) mass is 217 g/mol. The molecule has 5 nitrogen and oxygen atoms in total. The van der Waals surface area contributed by atoms with Crippen molar-refractivity contribution in [2.75, 3.05) is 7.11 Å². The number of hydrogen-bond acceptors (Lipinski definition) is 5. The Bertz CT molecular complexity index is 325. The maximum Gasteiger partial charge on any atom is 0.324 e. The van der Waals surface area contributed by atoms with Crippen LogP contribution < -0.4 is 9.47 Å². The van der Waals surface area contributed by atoms with E-state index in [9.17, 15) is 0 Å². The minimum absolute atomic E-state index is 0.0519. The molecule has 78 valence electrons. The standard InChI is InChI=1S/C8H12ClN3O2/c1-8(2,3)14-7-11-5(9)10-6(12-7)13-4/h1-4H3. The van der Waals surface area contributed by atoms with Gasteiger partial charge < -0.3 is 9.47 Å². The van der Waals surface area contributed by atoms with E-state index < -0.39 is 0 Å². The first-order valence-electron chi connectivity index (χ1n) is 4.05. The largest absolute Gasteiger partial charge is 0.467 e. The van der Waals surface area contributed by atoms with E-state index in [-0.39, 0.29) is 22.9 Å². The summed E-state index contributed by atoms with van der Waals surface area (Å²) < 4.78 is 10.2. The third-order valence-electron chi connectivity index (χ3n) is 1.15. The van der Waals surface area contributed by atoms with Crippen molar-refractivity contribution in [1.29, 1.82) is 0 Å². The molecule has 0 atom stereocenters. The molecular formula is C8H12ClN3O2. The number of nitrogens with zero attached hydrogens (tertiary/aromatic N) is 3. The lowest BCUT2D eigenvalue weighted by Gasteiger charge is -2.19. The lowest BCUT2D eigenvalue weighted by atomic mass is 10.2. The highest BCUT2D eigenvalue weighted by Gasteiger charge is 2.15. The van der Waals surface area contributed by atoms with Gasteiger partial charge in [-0.1, -0.05) is 0 Å². The highest BCUT2D eigenvalue weighted by Crippen LogP contribution is 2.17. The molecule has 0 aliphatic rings. The molecule has 0 fully saturated rings. The van der Waals surface area contributed by atoms with Crippen LogP contribution >= 0.6 is 11.6 Å². The number of halogens is 1. The molecule has 0 aliphatic heterocycles. The number of hydrogen-bond donors (Lipinski definition) is 0. The SMILES string of the molecule is COc1nc(Cl)nc(OC(C)(C)C)n1. The molecule has 0 saturated heterocycles. The molecule has 0 aliphatic carbocycles. The average Bonchev–Trinajstić information content (AvgIpc) is 1.99. The molecular weight excluding hydrogens is 206 g/mol. The van der Waals surface area contributed by atoms with Gasteiger partial charge in [0.15, 0.2) is 0 Å². The van der Waals surface area contributed by atoms with Crippen LogP contribution in [0.5, 0.6) is 12.0 Å². The zero-order valence-electron chi connectivity index (χ0n) is 8.54. The van der Waals surface area contributed by atoms with Crippen LogP contribution in [0.3, 0.4) is 0 Å². The Hall–Kier alpha value is -1.10. The number of rotatable bonds is 2.